The molecule has 0 radical (unpaired) electrons. The van der Waals surface area contributed by atoms with Crippen LogP contribution >= 0.6 is 23.2 Å². The van der Waals surface area contributed by atoms with Crippen LogP contribution in [-0.2, 0) is 4.79 Å². The van der Waals surface area contributed by atoms with Crippen molar-refractivity contribution in [2.45, 2.75) is 6.92 Å². The van der Waals surface area contributed by atoms with Crippen molar-refractivity contribution >= 4 is 35.0 Å². The van der Waals surface area contributed by atoms with E-state index in [0.717, 1.165) is 0 Å². The Bertz CT molecular complexity index is 660. The Morgan fingerprint density at radius 2 is 1.60 bits per heavy atom. The summed E-state index contributed by atoms with van der Waals surface area (Å²) in [5.74, 6) is -0.375. The maximum absolute atomic E-state index is 12.3. The second-order valence-corrected chi connectivity index (χ2v) is 4.98. The van der Waals surface area contributed by atoms with Crippen molar-refractivity contribution in [1.29, 1.82) is 0 Å². The van der Waals surface area contributed by atoms with Gasteiger partial charge >= 0.3 is 5.97 Å². The van der Waals surface area contributed by atoms with Crippen LogP contribution in [0, 0.1) is 0 Å². The maximum atomic E-state index is 12.3. The summed E-state index contributed by atoms with van der Waals surface area (Å²) in [5.41, 5.74) is 0.768. The number of rotatable bonds is 3. The molecule has 0 unspecified atom stereocenters. The molecule has 0 fully saturated rings. The molecule has 0 aliphatic rings. The van der Waals surface area contributed by atoms with Gasteiger partial charge in [-0.05, 0) is 30.3 Å². The number of esters is 1. The molecule has 5 heteroatoms. The summed E-state index contributed by atoms with van der Waals surface area (Å²) in [6, 6.07) is 11.0. The average molecular weight is 309 g/mol. The zero-order chi connectivity index (χ0) is 14.7. The fourth-order valence-electron chi connectivity index (χ4n) is 1.72. The summed E-state index contributed by atoms with van der Waals surface area (Å²) < 4.78 is 4.95. The lowest BCUT2D eigenvalue weighted by Crippen LogP contribution is -2.04. The minimum absolute atomic E-state index is 0.247. The quantitative estimate of drug-likeness (QED) is 0.486. The third-order valence-electron chi connectivity index (χ3n) is 2.48. The number of hydrogen-bond donors (Lipinski definition) is 0. The van der Waals surface area contributed by atoms with Crippen LogP contribution in [-0.4, -0.2) is 11.8 Å². The molecule has 20 heavy (non-hydrogen) atoms. The molecule has 0 amide bonds. The number of carbonyl (C=O) groups is 2. The first-order valence-corrected chi connectivity index (χ1v) is 6.50. The van der Waals surface area contributed by atoms with Gasteiger partial charge in [-0.1, -0.05) is 35.3 Å². The van der Waals surface area contributed by atoms with Crippen LogP contribution in [0.1, 0.15) is 22.8 Å². The van der Waals surface area contributed by atoms with E-state index < -0.39 is 5.97 Å². The second kappa shape index (κ2) is 6.07. The highest BCUT2D eigenvalue weighted by Crippen LogP contribution is 2.22. The fraction of sp³-hybridized carbons (Fsp3) is 0.0667. The summed E-state index contributed by atoms with van der Waals surface area (Å²) in [4.78, 5) is 23.2. The Kier molecular flexibility index (Phi) is 4.42. The molecule has 2 aromatic carbocycles. The van der Waals surface area contributed by atoms with Gasteiger partial charge in [0.15, 0.2) is 5.78 Å². The number of benzene rings is 2. The van der Waals surface area contributed by atoms with Gasteiger partial charge in [0, 0.05) is 28.1 Å². The Morgan fingerprint density at radius 3 is 2.20 bits per heavy atom. The minimum atomic E-state index is -0.444. The highest BCUT2D eigenvalue weighted by atomic mass is 35.5. The molecular formula is C15H10Cl2O3. The number of ketones is 1. The standard InChI is InChI=1S/C15H10Cl2O3/c1-9(18)20-14-4-2-3-10(7-14)15(19)11-5-12(16)8-13(17)6-11/h2-8H,1H3. The Hall–Kier alpha value is -1.84. The molecule has 0 atom stereocenters. The molecule has 2 aromatic rings. The Balaban J connectivity index is 2.35. The molecule has 2 rings (SSSR count). The van der Waals surface area contributed by atoms with Gasteiger partial charge in [-0.25, -0.2) is 0 Å². The molecule has 3 nitrogen and oxygen atoms in total. The van der Waals surface area contributed by atoms with E-state index in [1.165, 1.54) is 25.1 Å². The number of halogens is 2. The van der Waals surface area contributed by atoms with Gasteiger partial charge in [-0.15, -0.1) is 0 Å². The van der Waals surface area contributed by atoms with Gasteiger partial charge in [0.25, 0.3) is 0 Å². The van der Waals surface area contributed by atoms with Crippen molar-refractivity contribution < 1.29 is 14.3 Å². The van der Waals surface area contributed by atoms with Crippen LogP contribution in [0.2, 0.25) is 10.0 Å². The van der Waals surface area contributed by atoms with Crippen LogP contribution in [0.15, 0.2) is 42.5 Å². The lowest BCUT2D eigenvalue weighted by Gasteiger charge is -2.05. The average Bonchev–Trinajstić information content (AvgIpc) is 2.36. The number of ether oxygens (including phenoxy) is 1. The van der Waals surface area contributed by atoms with Crippen molar-refractivity contribution in [1.82, 2.24) is 0 Å². The molecule has 0 saturated carbocycles. The predicted octanol–water partition coefficient (Wildman–Crippen LogP) is 4.15. The highest BCUT2D eigenvalue weighted by molar-refractivity contribution is 6.35. The van der Waals surface area contributed by atoms with Crippen LogP contribution in [0.5, 0.6) is 5.75 Å². The monoisotopic (exact) mass is 308 g/mol. The molecular weight excluding hydrogens is 299 g/mol. The van der Waals surface area contributed by atoms with E-state index in [0.29, 0.717) is 26.9 Å². The first kappa shape index (κ1) is 14.6. The summed E-state index contributed by atoms with van der Waals surface area (Å²) >= 11 is 11.8. The molecule has 0 heterocycles. The molecule has 0 saturated heterocycles. The maximum Gasteiger partial charge on any atom is 0.308 e. The Labute approximate surface area is 126 Å². The normalized spacial score (nSPS) is 10.2. The van der Waals surface area contributed by atoms with Gasteiger partial charge in [-0.3, -0.25) is 9.59 Å². The molecule has 0 aromatic heterocycles. The zero-order valence-electron chi connectivity index (χ0n) is 10.5. The van der Waals surface area contributed by atoms with Crippen LogP contribution < -0.4 is 4.74 Å². The zero-order valence-corrected chi connectivity index (χ0v) is 12.0. The smallest absolute Gasteiger partial charge is 0.308 e. The van der Waals surface area contributed by atoms with E-state index in [4.69, 9.17) is 27.9 Å². The van der Waals surface area contributed by atoms with E-state index in [1.54, 1.807) is 24.3 Å². The van der Waals surface area contributed by atoms with E-state index >= 15 is 0 Å². The molecule has 0 bridgehead atoms. The van der Waals surface area contributed by atoms with E-state index in [1.807, 2.05) is 0 Å². The molecule has 0 spiro atoms. The lowest BCUT2D eigenvalue weighted by atomic mass is 10.0. The SMILES string of the molecule is CC(=O)Oc1cccc(C(=O)c2cc(Cl)cc(Cl)c2)c1. The van der Waals surface area contributed by atoms with Crippen molar-refractivity contribution in [3.05, 3.63) is 63.6 Å². The molecule has 0 aliphatic carbocycles. The first-order chi connectivity index (χ1) is 9.45. The number of hydrogen-bond acceptors (Lipinski definition) is 3. The van der Waals surface area contributed by atoms with Crippen molar-refractivity contribution in [3.8, 4) is 5.75 Å². The van der Waals surface area contributed by atoms with Gasteiger partial charge in [0.1, 0.15) is 5.75 Å². The molecule has 102 valence electrons. The third-order valence-corrected chi connectivity index (χ3v) is 2.92. The highest BCUT2D eigenvalue weighted by Gasteiger charge is 2.12. The predicted molar refractivity (Wildman–Crippen MR) is 77.6 cm³/mol. The first-order valence-electron chi connectivity index (χ1n) is 5.75. The summed E-state index contributed by atoms with van der Waals surface area (Å²) in [5, 5.41) is 0.772. The van der Waals surface area contributed by atoms with Gasteiger partial charge in [0.05, 0.1) is 0 Å². The van der Waals surface area contributed by atoms with E-state index in [2.05, 4.69) is 0 Å². The largest absolute Gasteiger partial charge is 0.427 e. The summed E-state index contributed by atoms with van der Waals surface area (Å²) in [6.45, 7) is 1.30. The van der Waals surface area contributed by atoms with Gasteiger partial charge in [0.2, 0.25) is 0 Å². The van der Waals surface area contributed by atoms with Crippen molar-refractivity contribution in [3.63, 3.8) is 0 Å². The number of carbonyl (C=O) groups excluding carboxylic acids is 2. The topological polar surface area (TPSA) is 43.4 Å². The molecule has 0 aliphatic heterocycles. The second-order valence-electron chi connectivity index (χ2n) is 4.11. The summed E-state index contributed by atoms with van der Waals surface area (Å²) in [7, 11) is 0. The fourth-order valence-corrected chi connectivity index (χ4v) is 2.24. The van der Waals surface area contributed by atoms with Crippen LogP contribution in [0.4, 0.5) is 0 Å². The van der Waals surface area contributed by atoms with Crippen LogP contribution in [0.3, 0.4) is 0 Å². The summed E-state index contributed by atoms with van der Waals surface area (Å²) in [6.07, 6.45) is 0. The lowest BCUT2D eigenvalue weighted by molar-refractivity contribution is -0.131. The van der Waals surface area contributed by atoms with Gasteiger partial charge < -0.3 is 4.74 Å². The Morgan fingerprint density at radius 1 is 0.950 bits per heavy atom. The van der Waals surface area contributed by atoms with Crippen molar-refractivity contribution in [2.75, 3.05) is 0 Å². The third kappa shape index (κ3) is 3.59. The van der Waals surface area contributed by atoms with Crippen LogP contribution in [0.25, 0.3) is 0 Å². The van der Waals surface area contributed by atoms with E-state index in [9.17, 15) is 9.59 Å². The van der Waals surface area contributed by atoms with Gasteiger partial charge in [-0.2, -0.15) is 0 Å². The molecule has 0 N–H and O–H groups in total. The minimum Gasteiger partial charge on any atom is -0.427 e. The van der Waals surface area contributed by atoms with E-state index in [-0.39, 0.29) is 5.78 Å². The van der Waals surface area contributed by atoms with Crippen molar-refractivity contribution in [2.24, 2.45) is 0 Å².